The molecule has 7 heteroatoms. The minimum Gasteiger partial charge on any atom is -0.480 e. The normalized spacial score (nSPS) is 18.8. The minimum absolute atomic E-state index is 0.0190. The van der Waals surface area contributed by atoms with E-state index < -0.39 is 24.1 Å². The topological polar surface area (TPSA) is 113 Å². The molecule has 1 saturated carbocycles. The first kappa shape index (κ1) is 23.4. The molecule has 2 amide bonds. The monoisotopic (exact) mass is 383 g/mol. The van der Waals surface area contributed by atoms with Gasteiger partial charge in [0.25, 0.3) is 0 Å². The van der Waals surface area contributed by atoms with Crippen molar-refractivity contribution in [2.75, 3.05) is 7.05 Å². The molecule has 0 aromatic carbocycles. The molecular formula is C20H37N3O4. The van der Waals surface area contributed by atoms with E-state index in [-0.39, 0.29) is 29.6 Å². The van der Waals surface area contributed by atoms with Gasteiger partial charge in [0, 0.05) is 7.05 Å². The van der Waals surface area contributed by atoms with Gasteiger partial charge in [0.1, 0.15) is 12.1 Å². The van der Waals surface area contributed by atoms with Crippen molar-refractivity contribution >= 4 is 17.8 Å². The molecule has 27 heavy (non-hydrogen) atoms. The zero-order valence-electron chi connectivity index (χ0n) is 17.4. The number of nitrogens with one attached hydrogen (secondary N) is 1. The fraction of sp³-hybridized carbons (Fsp3) is 0.850. The highest BCUT2D eigenvalue weighted by Crippen LogP contribution is 2.28. The second-order valence-corrected chi connectivity index (χ2v) is 8.59. The highest BCUT2D eigenvalue weighted by Gasteiger charge is 2.37. The average molecular weight is 384 g/mol. The summed E-state index contributed by atoms with van der Waals surface area (Å²) in [4.78, 5) is 38.7. The number of carboxylic acid groups (broad SMARTS) is 1. The number of rotatable bonds is 9. The van der Waals surface area contributed by atoms with E-state index in [1.165, 1.54) is 11.9 Å². The van der Waals surface area contributed by atoms with Crippen LogP contribution < -0.4 is 11.1 Å². The summed E-state index contributed by atoms with van der Waals surface area (Å²) in [7, 11) is 1.52. The molecule has 0 aromatic rings. The maximum atomic E-state index is 13.2. The first-order valence-corrected chi connectivity index (χ1v) is 10.1. The van der Waals surface area contributed by atoms with Crippen LogP contribution in [-0.4, -0.2) is 53.0 Å². The van der Waals surface area contributed by atoms with Crippen molar-refractivity contribution in [2.45, 2.75) is 84.3 Å². The zero-order chi connectivity index (χ0) is 20.7. The van der Waals surface area contributed by atoms with Gasteiger partial charge in [0.15, 0.2) is 0 Å². The molecule has 0 radical (unpaired) electrons. The number of hydrogen-bond donors (Lipinski definition) is 3. The van der Waals surface area contributed by atoms with E-state index in [4.69, 9.17) is 5.73 Å². The van der Waals surface area contributed by atoms with Gasteiger partial charge in [-0.1, -0.05) is 47.0 Å². The van der Waals surface area contributed by atoms with E-state index >= 15 is 0 Å². The van der Waals surface area contributed by atoms with Crippen molar-refractivity contribution in [3.63, 3.8) is 0 Å². The number of amides is 2. The van der Waals surface area contributed by atoms with Crippen molar-refractivity contribution in [2.24, 2.45) is 23.5 Å². The smallest absolute Gasteiger partial charge is 0.326 e. The summed E-state index contributed by atoms with van der Waals surface area (Å²) in [6, 6.07) is -2.32. The van der Waals surface area contributed by atoms with E-state index in [9.17, 15) is 19.5 Å². The van der Waals surface area contributed by atoms with Gasteiger partial charge >= 0.3 is 5.97 Å². The number of nitrogens with zero attached hydrogens (tertiary/aromatic N) is 1. The maximum Gasteiger partial charge on any atom is 0.326 e. The predicted molar refractivity (Wildman–Crippen MR) is 105 cm³/mol. The first-order chi connectivity index (χ1) is 12.6. The molecule has 156 valence electrons. The van der Waals surface area contributed by atoms with E-state index in [2.05, 4.69) is 5.32 Å². The van der Waals surface area contributed by atoms with Crippen molar-refractivity contribution < 1.29 is 19.5 Å². The fourth-order valence-electron chi connectivity index (χ4n) is 3.65. The second-order valence-electron chi connectivity index (χ2n) is 8.59. The van der Waals surface area contributed by atoms with E-state index in [0.29, 0.717) is 6.42 Å². The van der Waals surface area contributed by atoms with Crippen LogP contribution in [0.15, 0.2) is 0 Å². The Morgan fingerprint density at radius 3 is 2.11 bits per heavy atom. The molecule has 1 aliphatic carbocycles. The van der Waals surface area contributed by atoms with Crippen LogP contribution in [0.3, 0.4) is 0 Å². The summed E-state index contributed by atoms with van der Waals surface area (Å²) < 4.78 is 0. The Morgan fingerprint density at radius 2 is 1.67 bits per heavy atom. The largest absolute Gasteiger partial charge is 0.480 e. The molecule has 1 fully saturated rings. The third-order valence-electron chi connectivity index (χ3n) is 5.50. The van der Waals surface area contributed by atoms with Gasteiger partial charge < -0.3 is 21.1 Å². The number of carbonyl (C=O) groups excluding carboxylic acids is 2. The molecule has 0 aliphatic heterocycles. The van der Waals surface area contributed by atoms with Crippen molar-refractivity contribution in [1.29, 1.82) is 0 Å². The number of carboxylic acids is 1. The van der Waals surface area contributed by atoms with Gasteiger partial charge in [-0.2, -0.15) is 0 Å². The molecule has 0 saturated heterocycles. The standard InChI is InChI=1S/C20H37N3O4/c1-12(2)11-15(20(26)27)23(5)19(25)17(14-9-7-6-8-10-14)22-18(24)16(21)13(3)4/h12-17H,6-11,21H2,1-5H3,(H,22,24)(H,26,27)/t15-,16-,17-/m1/s1. The van der Waals surface area contributed by atoms with Crippen LogP contribution in [0.2, 0.25) is 0 Å². The molecule has 4 N–H and O–H groups in total. The fourth-order valence-corrected chi connectivity index (χ4v) is 3.65. The molecule has 1 rings (SSSR count). The number of likely N-dealkylation sites (N-methyl/N-ethyl adjacent to an activating group) is 1. The van der Waals surface area contributed by atoms with Gasteiger partial charge in [-0.25, -0.2) is 4.79 Å². The first-order valence-electron chi connectivity index (χ1n) is 10.1. The minimum atomic E-state index is -1.02. The van der Waals surface area contributed by atoms with Crippen LogP contribution in [0.1, 0.15) is 66.2 Å². The Kier molecular flexibility index (Phi) is 9.22. The van der Waals surface area contributed by atoms with Crippen LogP contribution >= 0.6 is 0 Å². The third-order valence-corrected chi connectivity index (χ3v) is 5.50. The highest BCUT2D eigenvalue weighted by atomic mass is 16.4. The molecule has 0 spiro atoms. The van der Waals surface area contributed by atoms with Crippen LogP contribution in [0.25, 0.3) is 0 Å². The predicted octanol–water partition coefficient (Wildman–Crippen LogP) is 1.99. The average Bonchev–Trinajstić information content (AvgIpc) is 2.62. The summed E-state index contributed by atoms with van der Waals surface area (Å²) in [6.07, 6.45) is 5.22. The van der Waals surface area contributed by atoms with Crippen LogP contribution in [-0.2, 0) is 14.4 Å². The summed E-state index contributed by atoms with van der Waals surface area (Å²) in [5, 5.41) is 12.4. The number of hydrogen-bond acceptors (Lipinski definition) is 4. The third kappa shape index (κ3) is 6.79. The van der Waals surface area contributed by atoms with Gasteiger partial charge in [0.05, 0.1) is 6.04 Å². The Morgan fingerprint density at radius 1 is 1.11 bits per heavy atom. The molecule has 0 bridgehead atoms. The molecule has 0 heterocycles. The summed E-state index contributed by atoms with van der Waals surface area (Å²) in [5.41, 5.74) is 5.96. The molecule has 7 nitrogen and oxygen atoms in total. The van der Waals surface area contributed by atoms with Gasteiger partial charge in [0.2, 0.25) is 11.8 Å². The summed E-state index contributed by atoms with van der Waals surface area (Å²) in [6.45, 7) is 7.57. The molecule has 3 atom stereocenters. The van der Waals surface area contributed by atoms with Crippen molar-refractivity contribution in [3.05, 3.63) is 0 Å². The number of aliphatic carboxylic acids is 1. The summed E-state index contributed by atoms with van der Waals surface area (Å²) in [5.74, 6) is -1.59. The van der Waals surface area contributed by atoms with Crippen molar-refractivity contribution in [1.82, 2.24) is 10.2 Å². The molecule has 0 unspecified atom stereocenters. The van der Waals surface area contributed by atoms with Crippen molar-refractivity contribution in [3.8, 4) is 0 Å². The lowest BCUT2D eigenvalue weighted by Crippen LogP contribution is -2.58. The van der Waals surface area contributed by atoms with E-state index in [1.54, 1.807) is 0 Å². The van der Waals surface area contributed by atoms with E-state index in [0.717, 1.165) is 32.1 Å². The lowest BCUT2D eigenvalue weighted by atomic mass is 9.82. The lowest BCUT2D eigenvalue weighted by Gasteiger charge is -2.35. The number of carbonyl (C=O) groups is 3. The van der Waals surface area contributed by atoms with Gasteiger partial charge in [-0.15, -0.1) is 0 Å². The summed E-state index contributed by atoms with van der Waals surface area (Å²) >= 11 is 0. The Labute approximate surface area is 163 Å². The lowest BCUT2D eigenvalue weighted by molar-refractivity contribution is -0.151. The number of nitrogens with two attached hydrogens (primary N) is 1. The highest BCUT2D eigenvalue weighted by molar-refractivity contribution is 5.92. The molecular weight excluding hydrogens is 346 g/mol. The van der Waals surface area contributed by atoms with Crippen LogP contribution in [0, 0.1) is 17.8 Å². The maximum absolute atomic E-state index is 13.2. The quantitative estimate of drug-likeness (QED) is 0.563. The second kappa shape index (κ2) is 10.6. The molecule has 0 aromatic heterocycles. The Hall–Kier alpha value is -1.63. The van der Waals surface area contributed by atoms with Gasteiger partial charge in [-0.3, -0.25) is 9.59 Å². The molecule has 1 aliphatic rings. The Balaban J connectivity index is 3.03. The Bertz CT molecular complexity index is 515. The van der Waals surface area contributed by atoms with Crippen LogP contribution in [0.4, 0.5) is 0 Å². The van der Waals surface area contributed by atoms with Crippen LogP contribution in [0.5, 0.6) is 0 Å². The van der Waals surface area contributed by atoms with E-state index in [1.807, 2.05) is 27.7 Å². The zero-order valence-corrected chi connectivity index (χ0v) is 17.4. The SMILES string of the molecule is CC(C)C[C@H](C(=O)O)N(C)C(=O)[C@H](NC(=O)[C@H](N)C(C)C)C1CCCCC1. The van der Waals surface area contributed by atoms with Gasteiger partial charge in [-0.05, 0) is 37.0 Å².